The van der Waals surface area contributed by atoms with Gasteiger partial charge in [-0.1, -0.05) is 61.6 Å². The molecule has 0 aromatic rings. The van der Waals surface area contributed by atoms with E-state index in [1.165, 1.54) is 35.5 Å². The summed E-state index contributed by atoms with van der Waals surface area (Å²) in [4.78, 5) is 0. The van der Waals surface area contributed by atoms with E-state index < -0.39 is 20.8 Å². The summed E-state index contributed by atoms with van der Waals surface area (Å²) in [5, 5.41) is 0. The second kappa shape index (κ2) is 10.3. The number of halogens is 2. The van der Waals surface area contributed by atoms with Crippen LogP contribution >= 0.6 is 17.0 Å². The zero-order valence-corrected chi connectivity index (χ0v) is 19.4. The molecule has 0 N–H and O–H groups in total. The monoisotopic (exact) mass is 470 g/mol. The van der Waals surface area contributed by atoms with Gasteiger partial charge in [0.15, 0.2) is 0 Å². The molecule has 3 heteroatoms. The van der Waals surface area contributed by atoms with E-state index in [4.69, 9.17) is 17.0 Å². The van der Waals surface area contributed by atoms with Crippen LogP contribution in [0.4, 0.5) is 0 Å². The summed E-state index contributed by atoms with van der Waals surface area (Å²) < 4.78 is 0. The van der Waals surface area contributed by atoms with Gasteiger partial charge in [0.1, 0.15) is 0 Å². The molecule has 4 rings (SSSR count). The molecule has 2 saturated carbocycles. The Morgan fingerprint density at radius 1 is 0.889 bits per heavy atom. The van der Waals surface area contributed by atoms with Crippen molar-refractivity contribution in [2.24, 2.45) is 5.41 Å². The van der Waals surface area contributed by atoms with E-state index in [0.717, 1.165) is 12.8 Å². The van der Waals surface area contributed by atoms with Gasteiger partial charge in [0, 0.05) is 29.6 Å². The molecule has 10 radical (unpaired) electrons. The molecule has 0 nitrogen and oxygen atoms in total. The molecule has 0 spiro atoms. The summed E-state index contributed by atoms with van der Waals surface area (Å²) >= 11 is -0.826. The van der Waals surface area contributed by atoms with Crippen LogP contribution in [0, 0.1) is 66.6 Å². The minimum absolute atomic E-state index is 0.0135. The van der Waals surface area contributed by atoms with Gasteiger partial charge in [-0.05, 0) is 49.9 Å². The van der Waals surface area contributed by atoms with E-state index in [1.807, 2.05) is 6.08 Å². The van der Waals surface area contributed by atoms with E-state index in [-0.39, 0.29) is 5.41 Å². The molecule has 0 bridgehead atoms. The Morgan fingerprint density at radius 2 is 1.33 bits per heavy atom. The van der Waals surface area contributed by atoms with Gasteiger partial charge in [-0.2, -0.15) is 0 Å². The van der Waals surface area contributed by atoms with Gasteiger partial charge < -0.3 is 0 Å². The van der Waals surface area contributed by atoms with Crippen LogP contribution in [0.2, 0.25) is 0 Å². The summed E-state index contributed by atoms with van der Waals surface area (Å²) in [7, 11) is 9.87. The average molecular weight is 473 g/mol. The molecule has 27 heavy (non-hydrogen) atoms. The van der Waals surface area contributed by atoms with E-state index in [1.54, 1.807) is 0 Å². The van der Waals surface area contributed by atoms with Crippen LogP contribution in [0.5, 0.6) is 0 Å². The Kier molecular flexibility index (Phi) is 8.32. The van der Waals surface area contributed by atoms with Crippen LogP contribution in [-0.2, 0) is 20.8 Å². The zero-order valence-electron chi connectivity index (χ0n) is 15.4. The maximum atomic E-state index is 4.93. The summed E-state index contributed by atoms with van der Waals surface area (Å²) in [5.74, 6) is 8.34. The van der Waals surface area contributed by atoms with Crippen molar-refractivity contribution in [3.8, 4) is 0 Å². The normalized spacial score (nSPS) is 25.6. The number of allylic oxidation sites excluding steroid dienone is 9. The number of hydrogen-bond acceptors (Lipinski definition) is 0. The predicted octanol–water partition coefficient (Wildman–Crippen LogP) is 6.88. The maximum absolute atomic E-state index is 4.93. The predicted molar refractivity (Wildman–Crippen MR) is 112 cm³/mol. The van der Waals surface area contributed by atoms with Gasteiger partial charge >= 0.3 is 37.9 Å². The molecule has 0 aliphatic heterocycles. The Labute approximate surface area is 184 Å². The standard InChI is InChI=1S/C24H22.2ClH.Zr/c1-3-4-17-24(2,18-11-5-6-12-18)23-21-15-9-7-13-19(21)20-14-8-10-16-22(20)23;;;/h3,5-16H,1,4,17H2,2H3;2*1H;/q;;;+4/p-2. The molecule has 0 saturated heterocycles. The Morgan fingerprint density at radius 3 is 1.78 bits per heavy atom. The number of hydrogen-bond donors (Lipinski definition) is 0. The first-order valence-electron chi connectivity index (χ1n) is 9.03. The number of rotatable bonds is 5. The van der Waals surface area contributed by atoms with Crippen molar-refractivity contribution in [1.82, 2.24) is 0 Å². The minimum atomic E-state index is -0.826. The second-order valence-electron chi connectivity index (χ2n) is 6.87. The van der Waals surface area contributed by atoms with Crippen molar-refractivity contribution in [2.45, 2.75) is 19.8 Å². The summed E-state index contributed by atoms with van der Waals surface area (Å²) in [5.41, 5.74) is -0.0135. The summed E-state index contributed by atoms with van der Waals surface area (Å²) in [6.45, 7) is 6.34. The van der Waals surface area contributed by atoms with Crippen LogP contribution in [0.25, 0.3) is 0 Å². The van der Waals surface area contributed by atoms with E-state index >= 15 is 0 Å². The Bertz CT molecular complexity index is 580. The van der Waals surface area contributed by atoms with Crippen molar-refractivity contribution < 1.29 is 20.8 Å². The van der Waals surface area contributed by atoms with Crippen molar-refractivity contribution >= 4 is 17.0 Å². The zero-order chi connectivity index (χ0) is 19.3. The molecule has 0 heterocycles. The quantitative estimate of drug-likeness (QED) is 0.383. The summed E-state index contributed by atoms with van der Waals surface area (Å²) in [6, 6.07) is 0. The topological polar surface area (TPSA) is 0 Å². The second-order valence-corrected chi connectivity index (χ2v) is 10.6. The molecular weight excluding hydrogens is 450 g/mol. The molecule has 1 unspecified atom stereocenters. The molecule has 4 aliphatic rings. The van der Waals surface area contributed by atoms with Crippen LogP contribution in [0.15, 0.2) is 61.3 Å². The summed E-state index contributed by atoms with van der Waals surface area (Å²) in [6.07, 6.45) is 30.6. The average Bonchev–Trinajstić information content (AvgIpc) is 3.34. The third-order valence-corrected chi connectivity index (χ3v) is 5.38. The van der Waals surface area contributed by atoms with Gasteiger partial charge in [0.05, 0.1) is 0 Å². The Hall–Kier alpha value is 0.163. The molecular formula is C24H22Cl2Zr+2. The third kappa shape index (κ3) is 4.52. The molecule has 1 atom stereocenters. The van der Waals surface area contributed by atoms with Crippen LogP contribution in [-0.4, -0.2) is 0 Å². The van der Waals surface area contributed by atoms with Crippen LogP contribution in [0.1, 0.15) is 19.8 Å². The molecule has 0 aromatic heterocycles. The van der Waals surface area contributed by atoms with Crippen molar-refractivity contribution in [2.75, 3.05) is 0 Å². The van der Waals surface area contributed by atoms with Crippen molar-refractivity contribution in [1.29, 1.82) is 0 Å². The Balaban J connectivity index is 0.000000659. The van der Waals surface area contributed by atoms with E-state index in [9.17, 15) is 0 Å². The SMILES string of the molecule is C=CCCC(C)([C]1[CH][CH][CH][CH]1)[C]1[C]2C=CC=C[C]2[C]2C=CC=C[C]21.[Cl][Zr+2][Cl]. The van der Waals surface area contributed by atoms with Gasteiger partial charge in [-0.15, -0.1) is 6.58 Å². The van der Waals surface area contributed by atoms with E-state index in [2.05, 4.69) is 87.8 Å². The first kappa shape index (κ1) is 21.9. The van der Waals surface area contributed by atoms with E-state index in [0.29, 0.717) is 0 Å². The fourth-order valence-corrected chi connectivity index (χ4v) is 4.16. The van der Waals surface area contributed by atoms with Gasteiger partial charge in [0.2, 0.25) is 0 Å². The van der Waals surface area contributed by atoms with Crippen molar-refractivity contribution in [3.63, 3.8) is 0 Å². The van der Waals surface area contributed by atoms with Crippen LogP contribution < -0.4 is 0 Å². The molecule has 0 amide bonds. The first-order valence-corrected chi connectivity index (χ1v) is 15.4. The first-order chi connectivity index (χ1) is 13.2. The van der Waals surface area contributed by atoms with Gasteiger partial charge in [-0.3, -0.25) is 0 Å². The van der Waals surface area contributed by atoms with Gasteiger partial charge in [0.25, 0.3) is 0 Å². The third-order valence-electron chi connectivity index (χ3n) is 5.38. The molecule has 4 aliphatic carbocycles. The van der Waals surface area contributed by atoms with Crippen molar-refractivity contribution in [3.05, 3.63) is 122 Å². The fraction of sp³-hybridized carbons (Fsp3) is 0.167. The van der Waals surface area contributed by atoms with Crippen LogP contribution in [0.3, 0.4) is 0 Å². The molecule has 0 aromatic carbocycles. The number of fused-ring (bicyclic) bond motifs is 3. The molecule has 2 fully saturated rings. The fourth-order valence-electron chi connectivity index (χ4n) is 4.16. The molecule has 134 valence electrons. The van der Waals surface area contributed by atoms with Gasteiger partial charge in [-0.25, -0.2) is 0 Å².